The topological polar surface area (TPSA) is 92.3 Å². The molecule has 134 valence electrons. The van der Waals surface area contributed by atoms with Gasteiger partial charge in [0.1, 0.15) is 0 Å². The van der Waals surface area contributed by atoms with Gasteiger partial charge in [-0.15, -0.1) is 10.2 Å². The van der Waals surface area contributed by atoms with Gasteiger partial charge in [-0.3, -0.25) is 9.52 Å². The first-order valence-electron chi connectivity index (χ1n) is 7.81. The van der Waals surface area contributed by atoms with Crippen molar-refractivity contribution in [2.75, 3.05) is 21.9 Å². The number of amides is 1. The molecule has 1 aromatic heterocycles. The quantitative estimate of drug-likeness (QED) is 0.752. The Labute approximate surface area is 154 Å². The fourth-order valence-corrected chi connectivity index (χ4v) is 5.50. The zero-order chi connectivity index (χ0) is 18.0. The van der Waals surface area contributed by atoms with E-state index >= 15 is 0 Å². The number of benzene rings is 1. The van der Waals surface area contributed by atoms with Crippen molar-refractivity contribution < 1.29 is 13.2 Å². The van der Waals surface area contributed by atoms with Gasteiger partial charge in [0.15, 0.2) is 4.34 Å². The van der Waals surface area contributed by atoms with Crippen LogP contribution >= 0.6 is 23.1 Å². The van der Waals surface area contributed by atoms with E-state index in [1.807, 2.05) is 0 Å². The molecule has 1 aliphatic rings. The first kappa shape index (κ1) is 18.2. The standard InChI is InChI=1S/C15H18N4O3S3/c1-3-8-23-15-17-16-14(24-15)18-25(21,22)12-4-5-13-11(9-12)6-7-19(13)10(2)20/h4-5,9H,3,6-8H2,1-2H3,(H,16,18). The van der Waals surface area contributed by atoms with Crippen LogP contribution in [-0.2, 0) is 21.2 Å². The summed E-state index contributed by atoms with van der Waals surface area (Å²) in [6.45, 7) is 4.15. The minimum atomic E-state index is -3.73. The number of nitrogens with one attached hydrogen (secondary N) is 1. The van der Waals surface area contributed by atoms with Crippen LogP contribution in [0.3, 0.4) is 0 Å². The Morgan fingerprint density at radius 3 is 2.92 bits per heavy atom. The van der Waals surface area contributed by atoms with Crippen LogP contribution in [0, 0.1) is 0 Å². The SMILES string of the molecule is CCCSc1nnc(NS(=O)(=O)c2ccc3c(c2)CCN3C(C)=O)s1. The third-order valence-corrected chi connectivity index (χ3v) is 7.34. The summed E-state index contributed by atoms with van der Waals surface area (Å²) in [5, 5.41) is 8.13. The summed E-state index contributed by atoms with van der Waals surface area (Å²) in [4.78, 5) is 13.4. The number of rotatable bonds is 6. The first-order chi connectivity index (χ1) is 11.9. The van der Waals surface area contributed by atoms with Crippen molar-refractivity contribution in [1.82, 2.24) is 10.2 Å². The van der Waals surface area contributed by atoms with Crippen molar-refractivity contribution in [3.05, 3.63) is 23.8 Å². The molecule has 25 heavy (non-hydrogen) atoms. The van der Waals surface area contributed by atoms with E-state index in [0.717, 1.165) is 27.8 Å². The molecule has 0 unspecified atom stereocenters. The number of anilines is 2. The molecule has 0 fully saturated rings. The van der Waals surface area contributed by atoms with Crippen LogP contribution in [-0.4, -0.2) is 36.8 Å². The first-order valence-corrected chi connectivity index (χ1v) is 11.1. The zero-order valence-corrected chi connectivity index (χ0v) is 16.3. The second-order valence-corrected chi connectivity index (χ2v) is 9.54. The highest BCUT2D eigenvalue weighted by Crippen LogP contribution is 2.32. The number of carbonyl (C=O) groups is 1. The van der Waals surface area contributed by atoms with Crippen LogP contribution in [0.4, 0.5) is 10.8 Å². The van der Waals surface area contributed by atoms with E-state index in [1.165, 1.54) is 24.3 Å². The van der Waals surface area contributed by atoms with Crippen molar-refractivity contribution in [3.63, 3.8) is 0 Å². The van der Waals surface area contributed by atoms with Crippen molar-refractivity contribution >= 4 is 49.8 Å². The van der Waals surface area contributed by atoms with Crippen LogP contribution < -0.4 is 9.62 Å². The molecule has 1 aromatic carbocycles. The molecular weight excluding hydrogens is 380 g/mol. The molecule has 0 saturated heterocycles. The van der Waals surface area contributed by atoms with Gasteiger partial charge in [-0.2, -0.15) is 0 Å². The highest BCUT2D eigenvalue weighted by atomic mass is 32.2. The smallest absolute Gasteiger partial charge is 0.263 e. The van der Waals surface area contributed by atoms with Crippen LogP contribution in [0.1, 0.15) is 25.8 Å². The van der Waals surface area contributed by atoms with Gasteiger partial charge >= 0.3 is 0 Å². The van der Waals surface area contributed by atoms with Gasteiger partial charge in [-0.1, -0.05) is 30.0 Å². The zero-order valence-electron chi connectivity index (χ0n) is 13.9. The molecule has 0 saturated carbocycles. The molecule has 0 radical (unpaired) electrons. The Hall–Kier alpha value is -1.65. The lowest BCUT2D eigenvalue weighted by Crippen LogP contribution is -2.25. The van der Waals surface area contributed by atoms with Crippen LogP contribution in [0.25, 0.3) is 0 Å². The number of aromatic nitrogens is 2. The average molecular weight is 399 g/mol. The van der Waals surface area contributed by atoms with Gasteiger partial charge in [-0.25, -0.2) is 8.42 Å². The van der Waals surface area contributed by atoms with Crippen LogP contribution in [0.2, 0.25) is 0 Å². The second-order valence-electron chi connectivity index (χ2n) is 5.54. The number of carbonyl (C=O) groups excluding carboxylic acids is 1. The predicted octanol–water partition coefficient (Wildman–Crippen LogP) is 2.75. The lowest BCUT2D eigenvalue weighted by molar-refractivity contribution is -0.116. The van der Waals surface area contributed by atoms with Crippen molar-refractivity contribution in [2.45, 2.75) is 35.9 Å². The number of sulfonamides is 1. The maximum Gasteiger partial charge on any atom is 0.263 e. The van der Waals surface area contributed by atoms with Gasteiger partial charge in [0.25, 0.3) is 10.0 Å². The Balaban J connectivity index is 1.79. The Morgan fingerprint density at radius 2 is 2.20 bits per heavy atom. The van der Waals surface area contributed by atoms with E-state index in [0.29, 0.717) is 13.0 Å². The number of hydrogen-bond acceptors (Lipinski definition) is 7. The van der Waals surface area contributed by atoms with E-state index in [2.05, 4.69) is 21.8 Å². The fraction of sp³-hybridized carbons (Fsp3) is 0.400. The molecule has 1 N–H and O–H groups in total. The maximum absolute atomic E-state index is 12.6. The number of hydrogen-bond donors (Lipinski definition) is 1. The third kappa shape index (κ3) is 3.96. The van der Waals surface area contributed by atoms with Crippen LogP contribution in [0.15, 0.2) is 27.4 Å². The summed E-state index contributed by atoms with van der Waals surface area (Å²) in [7, 11) is -3.73. The molecule has 3 rings (SSSR count). The highest BCUT2D eigenvalue weighted by molar-refractivity contribution is 8.01. The number of fused-ring (bicyclic) bond motifs is 1. The van der Waals surface area contributed by atoms with Crippen molar-refractivity contribution in [3.8, 4) is 0 Å². The highest BCUT2D eigenvalue weighted by Gasteiger charge is 2.25. The largest absolute Gasteiger partial charge is 0.312 e. The van der Waals surface area contributed by atoms with E-state index < -0.39 is 10.0 Å². The average Bonchev–Trinajstić information content (AvgIpc) is 3.18. The second kappa shape index (κ2) is 7.30. The molecule has 2 heterocycles. The molecule has 10 heteroatoms. The Morgan fingerprint density at radius 1 is 1.40 bits per heavy atom. The minimum absolute atomic E-state index is 0.0431. The summed E-state index contributed by atoms with van der Waals surface area (Å²) < 4.78 is 28.4. The van der Waals surface area contributed by atoms with Gasteiger partial charge in [-0.05, 0) is 36.6 Å². The predicted molar refractivity (Wildman–Crippen MR) is 99.9 cm³/mol. The van der Waals surface area contributed by atoms with Gasteiger partial charge in [0.2, 0.25) is 11.0 Å². The lowest BCUT2D eigenvalue weighted by Gasteiger charge is -2.14. The van der Waals surface area contributed by atoms with Crippen molar-refractivity contribution in [1.29, 1.82) is 0 Å². The van der Waals surface area contributed by atoms with E-state index in [-0.39, 0.29) is 15.9 Å². The maximum atomic E-state index is 12.6. The molecule has 1 amide bonds. The number of nitrogens with zero attached hydrogens (tertiary/aromatic N) is 3. The Kier molecular flexibility index (Phi) is 5.30. The van der Waals surface area contributed by atoms with Gasteiger partial charge in [0, 0.05) is 24.9 Å². The summed E-state index contributed by atoms with van der Waals surface area (Å²) in [6, 6.07) is 4.81. The van der Waals surface area contributed by atoms with Gasteiger partial charge < -0.3 is 4.90 Å². The third-order valence-electron chi connectivity index (χ3n) is 3.69. The summed E-state index contributed by atoms with van der Waals surface area (Å²) >= 11 is 2.78. The lowest BCUT2D eigenvalue weighted by atomic mass is 10.2. The number of thioether (sulfide) groups is 1. The normalized spacial score (nSPS) is 13.8. The van der Waals surface area contributed by atoms with Crippen LogP contribution in [0.5, 0.6) is 0 Å². The molecule has 0 aliphatic carbocycles. The molecule has 2 aromatic rings. The fourth-order valence-electron chi connectivity index (χ4n) is 2.54. The molecule has 0 bridgehead atoms. The molecule has 1 aliphatic heterocycles. The van der Waals surface area contributed by atoms with Crippen molar-refractivity contribution in [2.24, 2.45) is 0 Å². The molecule has 7 nitrogen and oxygen atoms in total. The summed E-state index contributed by atoms with van der Waals surface area (Å²) in [6.07, 6.45) is 1.66. The van der Waals surface area contributed by atoms with Gasteiger partial charge in [0.05, 0.1) is 4.90 Å². The van der Waals surface area contributed by atoms with E-state index in [4.69, 9.17) is 0 Å². The summed E-state index contributed by atoms with van der Waals surface area (Å²) in [5.74, 6) is 0.872. The Bertz CT molecular complexity index is 895. The molecule has 0 atom stereocenters. The summed E-state index contributed by atoms with van der Waals surface area (Å²) in [5.41, 5.74) is 1.63. The van der Waals surface area contributed by atoms with E-state index in [9.17, 15) is 13.2 Å². The molecular formula is C15H18N4O3S3. The minimum Gasteiger partial charge on any atom is -0.312 e. The van der Waals surface area contributed by atoms with E-state index in [1.54, 1.807) is 28.8 Å². The monoisotopic (exact) mass is 398 g/mol. The molecule has 0 spiro atoms.